The van der Waals surface area contributed by atoms with Gasteiger partial charge in [-0.05, 0) is 48.4 Å². The number of aromatic nitrogens is 3. The number of phenolic OH excluding ortho intramolecular Hbond substituents is 1. The molecule has 2 aromatic carbocycles. The number of nitrogens with zero attached hydrogens (tertiary/aromatic N) is 2. The van der Waals surface area contributed by atoms with Crippen molar-refractivity contribution in [3.63, 3.8) is 0 Å². The second kappa shape index (κ2) is 9.43. The summed E-state index contributed by atoms with van der Waals surface area (Å²) in [5.74, 6) is 1.39. The number of rotatable bonds is 8. The van der Waals surface area contributed by atoms with Gasteiger partial charge in [-0.15, -0.1) is 0 Å². The zero-order valence-corrected chi connectivity index (χ0v) is 18.5. The van der Waals surface area contributed by atoms with E-state index in [1.807, 2.05) is 37.3 Å². The number of para-hydroxylation sites is 1. The summed E-state index contributed by atoms with van der Waals surface area (Å²) in [6.45, 7) is 4.48. The highest BCUT2D eigenvalue weighted by molar-refractivity contribution is 7.99. The molecule has 0 radical (unpaired) electrons. The Labute approximate surface area is 185 Å². The van der Waals surface area contributed by atoms with E-state index in [-0.39, 0.29) is 11.3 Å². The number of anilines is 1. The molecule has 1 aromatic heterocycles. The average molecular weight is 440 g/mol. The number of nitrogens with one attached hydrogen (secondary N) is 2. The van der Waals surface area contributed by atoms with E-state index in [1.54, 1.807) is 28.6 Å². The highest BCUT2D eigenvalue weighted by atomic mass is 32.2. The molecule has 1 atom stereocenters. The van der Waals surface area contributed by atoms with Gasteiger partial charge in [-0.2, -0.15) is 0 Å². The van der Waals surface area contributed by atoms with E-state index < -0.39 is 6.17 Å². The van der Waals surface area contributed by atoms with Gasteiger partial charge >= 0.3 is 11.3 Å². The first-order chi connectivity index (χ1) is 15.1. The zero-order chi connectivity index (χ0) is 21.8. The summed E-state index contributed by atoms with van der Waals surface area (Å²) < 4.78 is 7.31. The second-order valence-corrected chi connectivity index (χ2v) is 8.44. The van der Waals surface area contributed by atoms with E-state index in [0.29, 0.717) is 23.2 Å². The van der Waals surface area contributed by atoms with Crippen molar-refractivity contribution in [3.05, 3.63) is 58.4 Å². The molecule has 31 heavy (non-hydrogen) atoms. The molecular formula is C23H27N4O3S+. The Morgan fingerprint density at radius 1 is 1.19 bits per heavy atom. The minimum Gasteiger partial charge on any atom is -0.504 e. The summed E-state index contributed by atoms with van der Waals surface area (Å²) in [6.07, 6.45) is 2.96. The molecule has 3 aromatic rings. The molecule has 0 amide bonds. The van der Waals surface area contributed by atoms with Crippen molar-refractivity contribution < 1.29 is 14.5 Å². The molecule has 0 spiro atoms. The molecule has 0 aliphatic carbocycles. The Bertz CT molecular complexity index is 1130. The van der Waals surface area contributed by atoms with Crippen LogP contribution >= 0.6 is 11.8 Å². The van der Waals surface area contributed by atoms with Gasteiger partial charge in [0.2, 0.25) is 5.16 Å². The third kappa shape index (κ3) is 4.39. The molecule has 0 saturated carbocycles. The van der Waals surface area contributed by atoms with Crippen LogP contribution < -0.4 is 20.3 Å². The lowest BCUT2D eigenvalue weighted by atomic mass is 10.0. The van der Waals surface area contributed by atoms with Crippen LogP contribution in [0.2, 0.25) is 0 Å². The quantitative estimate of drug-likeness (QED) is 0.278. The van der Waals surface area contributed by atoms with E-state index in [1.165, 1.54) is 0 Å². The first kappa shape index (κ1) is 21.2. The Kier molecular flexibility index (Phi) is 6.46. The molecule has 2 heterocycles. The van der Waals surface area contributed by atoms with Gasteiger partial charge in [-0.1, -0.05) is 43.7 Å². The molecule has 0 bridgehead atoms. The smallest absolute Gasteiger partial charge is 0.325 e. The van der Waals surface area contributed by atoms with E-state index in [4.69, 9.17) is 9.84 Å². The van der Waals surface area contributed by atoms with Gasteiger partial charge in [0.05, 0.1) is 17.9 Å². The fourth-order valence-corrected chi connectivity index (χ4v) is 4.52. The number of H-pyrrole nitrogens is 1. The number of hydrogen-bond donors (Lipinski definition) is 3. The van der Waals surface area contributed by atoms with Crippen LogP contribution in [0.4, 0.5) is 5.69 Å². The Morgan fingerprint density at radius 2 is 2.03 bits per heavy atom. The van der Waals surface area contributed by atoms with Crippen LogP contribution in [-0.4, -0.2) is 27.5 Å². The van der Waals surface area contributed by atoms with Crippen LogP contribution in [0.15, 0.2) is 52.4 Å². The topological polar surface area (TPSA) is 91.1 Å². The molecule has 1 aliphatic rings. The third-order valence-corrected chi connectivity index (χ3v) is 6.12. The molecule has 162 valence electrons. The standard InChI is InChI=1S/C23H26N4O3S/c1-3-5-8-13-31-23-25-22(29)20-16-9-6-7-10-17(16)24-21(27(20)26-23)15-11-12-18(28)19(14-15)30-4-2/h6-7,9-12,14,21H,3-5,8,13H2,1-2H3,(H2,25,26,28,29)/p+1/t21-/m0/s1. The van der Waals surface area contributed by atoms with Crippen molar-refractivity contribution in [3.8, 4) is 22.8 Å². The van der Waals surface area contributed by atoms with Crippen LogP contribution in [0.25, 0.3) is 11.3 Å². The average Bonchev–Trinajstić information content (AvgIpc) is 2.77. The molecular weight excluding hydrogens is 412 g/mol. The van der Waals surface area contributed by atoms with Crippen LogP contribution in [0, 0.1) is 0 Å². The lowest BCUT2D eigenvalue weighted by Crippen LogP contribution is -2.55. The van der Waals surface area contributed by atoms with E-state index in [0.717, 1.165) is 41.8 Å². The minimum atomic E-state index is -0.415. The number of aromatic hydroxyl groups is 1. The van der Waals surface area contributed by atoms with E-state index in [2.05, 4.69) is 17.2 Å². The number of hydrogen-bond acceptors (Lipinski definition) is 6. The predicted molar refractivity (Wildman–Crippen MR) is 122 cm³/mol. The van der Waals surface area contributed by atoms with Gasteiger partial charge in [-0.25, -0.2) is 0 Å². The lowest BCUT2D eigenvalue weighted by Gasteiger charge is -2.22. The SMILES string of the molecule is CCCCCSc1n[n+]2c(c(=O)[nH]1)-c1ccccc1N[C@@H]2c1ccc(O)c(OCC)c1. The molecule has 4 rings (SSSR count). The second-order valence-electron chi connectivity index (χ2n) is 7.36. The number of aromatic amines is 1. The maximum atomic E-state index is 13.1. The number of thioether (sulfide) groups is 1. The van der Waals surface area contributed by atoms with Crippen LogP contribution in [-0.2, 0) is 0 Å². The number of phenols is 1. The van der Waals surface area contributed by atoms with E-state index >= 15 is 0 Å². The summed E-state index contributed by atoms with van der Waals surface area (Å²) in [6, 6.07) is 12.9. The van der Waals surface area contributed by atoms with Crippen molar-refractivity contribution in [2.75, 3.05) is 17.7 Å². The molecule has 1 aliphatic heterocycles. The van der Waals surface area contributed by atoms with E-state index in [9.17, 15) is 9.90 Å². The summed E-state index contributed by atoms with van der Waals surface area (Å²) >= 11 is 1.56. The van der Waals surface area contributed by atoms with Crippen molar-refractivity contribution >= 4 is 17.4 Å². The Morgan fingerprint density at radius 3 is 2.84 bits per heavy atom. The Hall–Kier alpha value is -3.00. The highest BCUT2D eigenvalue weighted by Gasteiger charge is 2.37. The maximum Gasteiger partial charge on any atom is 0.325 e. The van der Waals surface area contributed by atoms with Gasteiger partial charge in [-0.3, -0.25) is 9.78 Å². The molecule has 0 saturated heterocycles. The first-order valence-electron chi connectivity index (χ1n) is 10.6. The van der Waals surface area contributed by atoms with Crippen LogP contribution in [0.1, 0.15) is 44.8 Å². The monoisotopic (exact) mass is 439 g/mol. The van der Waals surface area contributed by atoms with Gasteiger partial charge in [0.15, 0.2) is 11.5 Å². The minimum absolute atomic E-state index is 0.0815. The molecule has 3 N–H and O–H groups in total. The van der Waals surface area contributed by atoms with Gasteiger partial charge < -0.3 is 15.2 Å². The van der Waals surface area contributed by atoms with Crippen molar-refractivity contribution in [2.24, 2.45) is 0 Å². The molecule has 0 fully saturated rings. The fourth-order valence-electron chi connectivity index (χ4n) is 3.67. The summed E-state index contributed by atoms with van der Waals surface area (Å²) in [7, 11) is 0. The first-order valence-corrected chi connectivity index (χ1v) is 11.6. The van der Waals surface area contributed by atoms with Crippen LogP contribution in [0.3, 0.4) is 0 Å². The molecule has 0 unspecified atom stereocenters. The van der Waals surface area contributed by atoms with Crippen molar-refractivity contribution in [1.29, 1.82) is 0 Å². The lowest BCUT2D eigenvalue weighted by molar-refractivity contribution is -0.759. The molecule has 8 heteroatoms. The number of unbranched alkanes of at least 4 members (excludes halogenated alkanes) is 2. The van der Waals surface area contributed by atoms with Crippen LogP contribution in [0.5, 0.6) is 11.5 Å². The zero-order valence-electron chi connectivity index (χ0n) is 17.7. The van der Waals surface area contributed by atoms with Crippen molar-refractivity contribution in [1.82, 2.24) is 10.1 Å². The number of benzene rings is 2. The number of ether oxygens (including phenoxy) is 1. The van der Waals surface area contributed by atoms with Gasteiger partial charge in [0.1, 0.15) is 0 Å². The summed E-state index contributed by atoms with van der Waals surface area (Å²) in [4.78, 5) is 16.1. The van der Waals surface area contributed by atoms with Gasteiger partial charge in [0, 0.05) is 16.4 Å². The van der Waals surface area contributed by atoms with Gasteiger partial charge in [0.25, 0.3) is 6.17 Å². The van der Waals surface area contributed by atoms with Crippen molar-refractivity contribution in [2.45, 2.75) is 44.4 Å². The largest absolute Gasteiger partial charge is 0.504 e. The fraction of sp³-hybridized carbons (Fsp3) is 0.348. The summed E-state index contributed by atoms with van der Waals surface area (Å²) in [5.41, 5.74) is 2.83. The normalized spacial score (nSPS) is 14.5. The predicted octanol–water partition coefficient (Wildman–Crippen LogP) is 4.08. The molecule has 7 nitrogen and oxygen atoms in total. The highest BCUT2D eigenvalue weighted by Crippen LogP contribution is 2.34. The summed E-state index contributed by atoms with van der Waals surface area (Å²) in [5, 5.41) is 19.0. The Balaban J connectivity index is 1.80. The third-order valence-electron chi connectivity index (χ3n) is 5.17. The maximum absolute atomic E-state index is 13.1. The number of fused-ring (bicyclic) bond motifs is 3.